The SMILES string of the molecule is Cc1ccc(OCCN2C(=O)COc3ccc(NC(=O)CCCN4C(=O)c5ccccc5C4=O)cc32)cc1. The fraction of sp³-hybridized carbons (Fsp3) is 0.241. The van der Waals surface area contributed by atoms with Gasteiger partial charge in [0.15, 0.2) is 6.61 Å². The molecule has 38 heavy (non-hydrogen) atoms. The number of fused-ring (bicyclic) bond motifs is 2. The molecule has 9 nitrogen and oxygen atoms in total. The molecular weight excluding hydrogens is 486 g/mol. The average Bonchev–Trinajstić information content (AvgIpc) is 3.16. The van der Waals surface area contributed by atoms with Crippen LogP contribution in [0.15, 0.2) is 66.7 Å². The van der Waals surface area contributed by atoms with Crippen molar-refractivity contribution >= 4 is 35.0 Å². The zero-order valence-corrected chi connectivity index (χ0v) is 20.9. The molecule has 9 heteroatoms. The second kappa shape index (κ2) is 10.8. The third kappa shape index (κ3) is 5.22. The van der Waals surface area contributed by atoms with Gasteiger partial charge in [0.1, 0.15) is 18.1 Å². The van der Waals surface area contributed by atoms with Gasteiger partial charge in [0.05, 0.1) is 23.4 Å². The minimum absolute atomic E-state index is 0.0684. The summed E-state index contributed by atoms with van der Waals surface area (Å²) < 4.78 is 11.3. The van der Waals surface area contributed by atoms with Crippen LogP contribution in [0.4, 0.5) is 11.4 Å². The number of aryl methyl sites for hydroxylation is 1. The van der Waals surface area contributed by atoms with Gasteiger partial charge in [-0.3, -0.25) is 24.1 Å². The van der Waals surface area contributed by atoms with Gasteiger partial charge < -0.3 is 19.7 Å². The number of nitrogens with zero attached hydrogens (tertiary/aromatic N) is 2. The number of hydrogen-bond donors (Lipinski definition) is 1. The van der Waals surface area contributed by atoms with Crippen LogP contribution in [0.5, 0.6) is 11.5 Å². The van der Waals surface area contributed by atoms with Crippen LogP contribution in [0.3, 0.4) is 0 Å². The van der Waals surface area contributed by atoms with Crippen molar-refractivity contribution in [3.05, 3.63) is 83.4 Å². The minimum atomic E-state index is -0.336. The Morgan fingerprint density at radius 1 is 0.921 bits per heavy atom. The number of carbonyl (C=O) groups excluding carboxylic acids is 4. The van der Waals surface area contributed by atoms with Crippen molar-refractivity contribution in [2.75, 3.05) is 36.5 Å². The zero-order chi connectivity index (χ0) is 26.6. The first-order valence-electron chi connectivity index (χ1n) is 12.4. The minimum Gasteiger partial charge on any atom is -0.492 e. The highest BCUT2D eigenvalue weighted by molar-refractivity contribution is 6.21. The van der Waals surface area contributed by atoms with Crippen LogP contribution < -0.4 is 19.7 Å². The highest BCUT2D eigenvalue weighted by Crippen LogP contribution is 2.34. The van der Waals surface area contributed by atoms with E-state index in [0.717, 1.165) is 11.3 Å². The van der Waals surface area contributed by atoms with E-state index in [-0.39, 0.29) is 43.2 Å². The largest absolute Gasteiger partial charge is 0.492 e. The van der Waals surface area contributed by atoms with Crippen LogP contribution in [0.25, 0.3) is 0 Å². The predicted octanol–water partition coefficient (Wildman–Crippen LogP) is 3.81. The van der Waals surface area contributed by atoms with Gasteiger partial charge >= 0.3 is 0 Å². The Balaban J connectivity index is 1.16. The lowest BCUT2D eigenvalue weighted by atomic mass is 10.1. The molecule has 0 unspecified atom stereocenters. The van der Waals surface area contributed by atoms with Crippen LogP contribution >= 0.6 is 0 Å². The second-order valence-corrected chi connectivity index (χ2v) is 9.14. The van der Waals surface area contributed by atoms with E-state index in [9.17, 15) is 19.2 Å². The third-order valence-corrected chi connectivity index (χ3v) is 6.45. The first-order valence-corrected chi connectivity index (χ1v) is 12.4. The topological polar surface area (TPSA) is 105 Å². The molecule has 0 bridgehead atoms. The number of ether oxygens (including phenoxy) is 2. The molecule has 194 valence electrons. The molecule has 0 aliphatic carbocycles. The maximum atomic E-state index is 12.6. The summed E-state index contributed by atoms with van der Waals surface area (Å²) in [6.45, 7) is 2.70. The van der Waals surface area contributed by atoms with E-state index < -0.39 is 0 Å². The monoisotopic (exact) mass is 513 g/mol. The van der Waals surface area contributed by atoms with Crippen molar-refractivity contribution in [2.45, 2.75) is 19.8 Å². The molecule has 2 aliphatic rings. The number of carbonyl (C=O) groups is 4. The van der Waals surface area contributed by atoms with Crippen LogP contribution in [-0.2, 0) is 9.59 Å². The molecule has 0 aromatic heterocycles. The normalized spacial score (nSPS) is 14.2. The molecule has 3 aromatic carbocycles. The lowest BCUT2D eigenvalue weighted by molar-refractivity contribution is -0.121. The summed E-state index contributed by atoms with van der Waals surface area (Å²) in [6.07, 6.45) is 0.445. The van der Waals surface area contributed by atoms with Gasteiger partial charge in [0.25, 0.3) is 17.7 Å². The number of benzene rings is 3. The van der Waals surface area contributed by atoms with E-state index in [2.05, 4.69) is 5.32 Å². The van der Waals surface area contributed by atoms with Crippen molar-refractivity contribution in [1.82, 2.24) is 4.90 Å². The Morgan fingerprint density at radius 2 is 1.63 bits per heavy atom. The van der Waals surface area contributed by atoms with Gasteiger partial charge in [0, 0.05) is 18.7 Å². The van der Waals surface area contributed by atoms with Crippen molar-refractivity contribution in [3.63, 3.8) is 0 Å². The van der Waals surface area contributed by atoms with E-state index in [1.807, 2.05) is 31.2 Å². The van der Waals surface area contributed by atoms with E-state index in [0.29, 0.717) is 47.8 Å². The van der Waals surface area contributed by atoms with Gasteiger partial charge in [-0.15, -0.1) is 0 Å². The first-order chi connectivity index (χ1) is 18.4. The molecule has 0 atom stereocenters. The summed E-state index contributed by atoms with van der Waals surface area (Å²) in [7, 11) is 0. The molecule has 4 amide bonds. The van der Waals surface area contributed by atoms with Gasteiger partial charge in [-0.2, -0.15) is 0 Å². The second-order valence-electron chi connectivity index (χ2n) is 9.14. The summed E-state index contributed by atoms with van der Waals surface area (Å²) in [5, 5.41) is 2.83. The molecule has 0 radical (unpaired) electrons. The number of nitrogens with one attached hydrogen (secondary N) is 1. The molecule has 5 rings (SSSR count). The highest BCUT2D eigenvalue weighted by Gasteiger charge is 2.34. The number of amides is 4. The Bertz CT molecular complexity index is 1370. The number of hydrogen-bond acceptors (Lipinski definition) is 6. The van der Waals surface area contributed by atoms with E-state index >= 15 is 0 Å². The lowest BCUT2D eigenvalue weighted by Gasteiger charge is -2.29. The Kier molecular flexibility index (Phi) is 7.08. The first kappa shape index (κ1) is 25.0. The summed E-state index contributed by atoms with van der Waals surface area (Å²) in [5.41, 5.74) is 2.98. The van der Waals surface area contributed by atoms with Gasteiger partial charge in [-0.1, -0.05) is 29.8 Å². The fourth-order valence-corrected chi connectivity index (χ4v) is 4.48. The summed E-state index contributed by atoms with van der Waals surface area (Å²) in [4.78, 5) is 52.9. The van der Waals surface area contributed by atoms with Crippen LogP contribution in [-0.4, -0.2) is 54.8 Å². The zero-order valence-electron chi connectivity index (χ0n) is 20.9. The molecule has 0 saturated heterocycles. The van der Waals surface area contributed by atoms with E-state index in [4.69, 9.17) is 9.47 Å². The van der Waals surface area contributed by atoms with Crippen molar-refractivity contribution in [3.8, 4) is 11.5 Å². The molecule has 3 aromatic rings. The van der Waals surface area contributed by atoms with E-state index in [1.54, 1.807) is 47.4 Å². The summed E-state index contributed by atoms with van der Waals surface area (Å²) in [5.74, 6) is 0.129. The molecule has 1 N–H and O–H groups in total. The predicted molar refractivity (Wildman–Crippen MR) is 141 cm³/mol. The van der Waals surface area contributed by atoms with Gasteiger partial charge in [-0.05, 0) is 55.8 Å². The summed E-state index contributed by atoms with van der Waals surface area (Å²) >= 11 is 0. The van der Waals surface area contributed by atoms with Gasteiger partial charge in [0.2, 0.25) is 5.91 Å². The summed E-state index contributed by atoms with van der Waals surface area (Å²) in [6, 6.07) is 19.5. The van der Waals surface area contributed by atoms with Crippen LogP contribution in [0.2, 0.25) is 0 Å². The quantitative estimate of drug-likeness (QED) is 0.436. The number of imide groups is 1. The van der Waals surface area contributed by atoms with Gasteiger partial charge in [-0.25, -0.2) is 0 Å². The molecule has 2 heterocycles. The average molecular weight is 514 g/mol. The Morgan fingerprint density at radius 3 is 2.34 bits per heavy atom. The smallest absolute Gasteiger partial charge is 0.265 e. The Labute approximate surface area is 219 Å². The number of rotatable bonds is 9. The van der Waals surface area contributed by atoms with Crippen molar-refractivity contribution in [1.29, 1.82) is 0 Å². The van der Waals surface area contributed by atoms with E-state index in [1.165, 1.54) is 4.90 Å². The molecule has 0 spiro atoms. The molecule has 2 aliphatic heterocycles. The Hall–Kier alpha value is -4.66. The standard InChI is InChI=1S/C29H27N3O6/c1-19-8-11-21(12-9-19)37-16-15-31-24-17-20(10-13-25(24)38-18-27(31)34)30-26(33)7-4-14-32-28(35)22-5-2-3-6-23(22)29(32)36/h2-3,5-6,8-13,17H,4,7,14-16,18H2,1H3,(H,30,33). The molecular formula is C29H27N3O6. The molecule has 0 fully saturated rings. The van der Waals surface area contributed by atoms with Crippen LogP contribution in [0.1, 0.15) is 39.1 Å². The highest BCUT2D eigenvalue weighted by atomic mass is 16.5. The third-order valence-electron chi connectivity index (χ3n) is 6.45. The van der Waals surface area contributed by atoms with Crippen LogP contribution in [0, 0.1) is 6.92 Å². The fourth-order valence-electron chi connectivity index (χ4n) is 4.48. The maximum absolute atomic E-state index is 12.6. The lowest BCUT2D eigenvalue weighted by Crippen LogP contribution is -2.41. The van der Waals surface area contributed by atoms with Crippen molar-refractivity contribution < 1.29 is 28.7 Å². The maximum Gasteiger partial charge on any atom is 0.265 e. The number of anilines is 2. The van der Waals surface area contributed by atoms with Crippen molar-refractivity contribution in [2.24, 2.45) is 0 Å². The molecule has 0 saturated carbocycles.